The maximum Gasteiger partial charge on any atom is 0.227 e. The molecule has 1 aliphatic rings. The molecule has 0 aliphatic carbocycles. The highest BCUT2D eigenvalue weighted by atomic mass is 19.1. The monoisotopic (exact) mass is 250 g/mol. The van der Waals surface area contributed by atoms with Crippen molar-refractivity contribution < 1.29 is 9.18 Å². The molecular weight excluding hydrogens is 231 g/mol. The van der Waals surface area contributed by atoms with Gasteiger partial charge in [0.05, 0.1) is 5.92 Å². The van der Waals surface area contributed by atoms with Crippen molar-refractivity contribution in [2.45, 2.75) is 13.5 Å². The summed E-state index contributed by atoms with van der Waals surface area (Å²) in [7, 11) is 1.78. The Morgan fingerprint density at radius 2 is 2.28 bits per heavy atom. The summed E-state index contributed by atoms with van der Waals surface area (Å²) in [5.41, 5.74) is 0.824. The van der Waals surface area contributed by atoms with E-state index in [0.717, 1.165) is 18.7 Å². The van der Waals surface area contributed by atoms with E-state index in [0.29, 0.717) is 12.5 Å². The van der Waals surface area contributed by atoms with Crippen LogP contribution in [0.25, 0.3) is 0 Å². The molecule has 1 aromatic rings. The van der Waals surface area contributed by atoms with Gasteiger partial charge in [0.2, 0.25) is 5.91 Å². The van der Waals surface area contributed by atoms with Gasteiger partial charge in [0, 0.05) is 20.1 Å². The predicted octanol–water partition coefficient (Wildman–Crippen LogP) is 1.64. The number of carbonyl (C=O) groups excluding carboxylic acids is 1. The molecule has 0 aromatic heterocycles. The average Bonchev–Trinajstić information content (AvgIpc) is 2.74. The molecule has 0 saturated carbocycles. The lowest BCUT2D eigenvalue weighted by Gasteiger charge is -2.23. The number of nitrogens with one attached hydrogen (secondary N) is 1. The van der Waals surface area contributed by atoms with Crippen molar-refractivity contribution >= 4 is 5.91 Å². The van der Waals surface area contributed by atoms with Crippen molar-refractivity contribution in [1.82, 2.24) is 10.2 Å². The normalized spacial score (nSPS) is 23.1. The van der Waals surface area contributed by atoms with Crippen LogP contribution in [-0.4, -0.2) is 30.9 Å². The lowest BCUT2D eigenvalue weighted by molar-refractivity contribution is -0.135. The number of amides is 1. The third-order valence-corrected chi connectivity index (χ3v) is 3.52. The molecular formula is C14H19FN2O. The van der Waals surface area contributed by atoms with Gasteiger partial charge in [0.1, 0.15) is 5.82 Å². The Hall–Kier alpha value is -1.42. The molecule has 1 saturated heterocycles. The Morgan fingerprint density at radius 1 is 1.50 bits per heavy atom. The van der Waals surface area contributed by atoms with Crippen LogP contribution in [0.4, 0.5) is 4.39 Å². The van der Waals surface area contributed by atoms with Gasteiger partial charge in [0.15, 0.2) is 0 Å². The van der Waals surface area contributed by atoms with E-state index in [-0.39, 0.29) is 17.6 Å². The molecule has 4 heteroatoms. The highest BCUT2D eigenvalue weighted by molar-refractivity contribution is 5.79. The third-order valence-electron chi connectivity index (χ3n) is 3.52. The van der Waals surface area contributed by atoms with Crippen LogP contribution in [0.15, 0.2) is 24.3 Å². The zero-order valence-corrected chi connectivity index (χ0v) is 10.8. The number of hydrogen-bond donors (Lipinski definition) is 1. The second kappa shape index (κ2) is 5.48. The smallest absolute Gasteiger partial charge is 0.227 e. The molecule has 0 spiro atoms. The van der Waals surface area contributed by atoms with E-state index in [9.17, 15) is 9.18 Å². The lowest BCUT2D eigenvalue weighted by atomic mass is 9.96. The van der Waals surface area contributed by atoms with Crippen LogP contribution in [0.5, 0.6) is 0 Å². The molecule has 1 fully saturated rings. The number of rotatable bonds is 3. The highest BCUT2D eigenvalue weighted by Gasteiger charge is 2.31. The van der Waals surface area contributed by atoms with E-state index >= 15 is 0 Å². The summed E-state index contributed by atoms with van der Waals surface area (Å²) < 4.78 is 13.1. The lowest BCUT2D eigenvalue weighted by Crippen LogP contribution is -2.35. The Bertz CT molecular complexity index is 436. The Balaban J connectivity index is 1.99. The first-order valence-corrected chi connectivity index (χ1v) is 6.28. The first kappa shape index (κ1) is 13.0. The molecule has 1 N–H and O–H groups in total. The summed E-state index contributed by atoms with van der Waals surface area (Å²) in [6.07, 6.45) is 0. The Kier molecular flexibility index (Phi) is 3.97. The van der Waals surface area contributed by atoms with Crippen molar-refractivity contribution in [3.63, 3.8) is 0 Å². The third kappa shape index (κ3) is 2.88. The van der Waals surface area contributed by atoms with Crippen molar-refractivity contribution in [2.24, 2.45) is 11.8 Å². The van der Waals surface area contributed by atoms with Crippen LogP contribution in [0.3, 0.4) is 0 Å². The molecule has 1 heterocycles. The van der Waals surface area contributed by atoms with Gasteiger partial charge in [0.25, 0.3) is 0 Å². The first-order chi connectivity index (χ1) is 8.58. The van der Waals surface area contributed by atoms with Gasteiger partial charge < -0.3 is 10.2 Å². The van der Waals surface area contributed by atoms with Crippen molar-refractivity contribution in [2.75, 3.05) is 20.1 Å². The van der Waals surface area contributed by atoms with Gasteiger partial charge >= 0.3 is 0 Å². The van der Waals surface area contributed by atoms with Gasteiger partial charge in [-0.3, -0.25) is 4.79 Å². The van der Waals surface area contributed by atoms with E-state index in [2.05, 4.69) is 12.2 Å². The summed E-state index contributed by atoms with van der Waals surface area (Å²) in [4.78, 5) is 13.9. The molecule has 1 amide bonds. The minimum absolute atomic E-state index is 0.0450. The molecule has 2 unspecified atom stereocenters. The zero-order chi connectivity index (χ0) is 13.1. The van der Waals surface area contributed by atoms with Crippen LogP contribution in [0.1, 0.15) is 12.5 Å². The van der Waals surface area contributed by atoms with Gasteiger partial charge in [-0.2, -0.15) is 0 Å². The quantitative estimate of drug-likeness (QED) is 0.884. The van der Waals surface area contributed by atoms with Gasteiger partial charge in [-0.15, -0.1) is 0 Å². The predicted molar refractivity (Wildman–Crippen MR) is 68.4 cm³/mol. The van der Waals surface area contributed by atoms with Crippen LogP contribution < -0.4 is 5.32 Å². The fraction of sp³-hybridized carbons (Fsp3) is 0.500. The van der Waals surface area contributed by atoms with Gasteiger partial charge in [-0.25, -0.2) is 4.39 Å². The first-order valence-electron chi connectivity index (χ1n) is 6.28. The van der Waals surface area contributed by atoms with E-state index < -0.39 is 0 Å². The highest BCUT2D eigenvalue weighted by Crippen LogP contribution is 2.19. The standard InChI is InChI=1S/C14H19FN2O/c1-10-7-16-8-13(10)14(18)17(2)9-11-4-3-5-12(15)6-11/h3-6,10,13,16H,7-9H2,1-2H3. The Morgan fingerprint density at radius 3 is 2.89 bits per heavy atom. The molecule has 2 rings (SSSR count). The van der Waals surface area contributed by atoms with E-state index in [4.69, 9.17) is 0 Å². The summed E-state index contributed by atoms with van der Waals surface area (Å²) in [6, 6.07) is 6.39. The minimum Gasteiger partial charge on any atom is -0.341 e. The molecule has 3 nitrogen and oxygen atoms in total. The molecule has 0 bridgehead atoms. The topological polar surface area (TPSA) is 32.3 Å². The van der Waals surface area contributed by atoms with E-state index in [1.807, 2.05) is 6.07 Å². The molecule has 1 aliphatic heterocycles. The number of nitrogens with zero attached hydrogens (tertiary/aromatic N) is 1. The van der Waals surface area contributed by atoms with Crippen molar-refractivity contribution in [3.05, 3.63) is 35.6 Å². The molecule has 98 valence electrons. The minimum atomic E-state index is -0.260. The molecule has 1 aromatic carbocycles. The van der Waals surface area contributed by atoms with E-state index in [1.54, 1.807) is 18.0 Å². The van der Waals surface area contributed by atoms with Crippen molar-refractivity contribution in [3.8, 4) is 0 Å². The van der Waals surface area contributed by atoms with Gasteiger partial charge in [-0.1, -0.05) is 19.1 Å². The number of benzene rings is 1. The summed E-state index contributed by atoms with van der Waals surface area (Å²) in [6.45, 7) is 4.18. The summed E-state index contributed by atoms with van der Waals surface area (Å²) >= 11 is 0. The molecule has 2 atom stereocenters. The average molecular weight is 250 g/mol. The molecule has 18 heavy (non-hydrogen) atoms. The Labute approximate surface area is 107 Å². The second-order valence-electron chi connectivity index (χ2n) is 5.07. The van der Waals surface area contributed by atoms with E-state index in [1.165, 1.54) is 12.1 Å². The number of halogens is 1. The van der Waals surface area contributed by atoms with Crippen LogP contribution in [-0.2, 0) is 11.3 Å². The maximum atomic E-state index is 13.1. The van der Waals surface area contributed by atoms with Crippen molar-refractivity contribution in [1.29, 1.82) is 0 Å². The number of hydrogen-bond acceptors (Lipinski definition) is 2. The fourth-order valence-corrected chi connectivity index (χ4v) is 2.41. The van der Waals surface area contributed by atoms with Crippen LogP contribution >= 0.6 is 0 Å². The second-order valence-corrected chi connectivity index (χ2v) is 5.07. The van der Waals surface area contributed by atoms with Crippen LogP contribution in [0.2, 0.25) is 0 Å². The summed E-state index contributed by atoms with van der Waals surface area (Å²) in [5.74, 6) is 0.289. The largest absolute Gasteiger partial charge is 0.341 e. The molecule has 0 radical (unpaired) electrons. The zero-order valence-electron chi connectivity index (χ0n) is 10.8. The SMILES string of the molecule is CC1CNCC1C(=O)N(C)Cc1cccc(F)c1. The fourth-order valence-electron chi connectivity index (χ4n) is 2.41. The summed E-state index contributed by atoms with van der Waals surface area (Å²) in [5, 5.41) is 3.22. The van der Waals surface area contributed by atoms with Crippen LogP contribution in [0, 0.1) is 17.7 Å². The van der Waals surface area contributed by atoms with Gasteiger partial charge in [-0.05, 0) is 30.2 Å². The maximum absolute atomic E-state index is 13.1. The number of carbonyl (C=O) groups is 1.